The van der Waals surface area contributed by atoms with Gasteiger partial charge < -0.3 is 10.1 Å². The lowest BCUT2D eigenvalue weighted by Crippen LogP contribution is -2.25. The zero-order valence-electron chi connectivity index (χ0n) is 12.5. The van der Waals surface area contributed by atoms with Crippen LogP contribution in [0.4, 0.5) is 0 Å². The van der Waals surface area contributed by atoms with Crippen molar-refractivity contribution in [2.45, 2.75) is 26.0 Å². The maximum absolute atomic E-state index is 5.93. The van der Waals surface area contributed by atoms with Crippen LogP contribution in [0.5, 0.6) is 0 Å². The van der Waals surface area contributed by atoms with Crippen LogP contribution < -0.4 is 5.32 Å². The molecule has 1 aliphatic rings. The summed E-state index contributed by atoms with van der Waals surface area (Å²) in [7, 11) is 0. The Kier molecular flexibility index (Phi) is 4.63. The molecular weight excluding hydrogens is 260 g/mol. The predicted octanol–water partition coefficient (Wildman–Crippen LogP) is 3.26. The van der Waals surface area contributed by atoms with Crippen molar-refractivity contribution in [2.24, 2.45) is 5.92 Å². The Bertz CT molecular complexity index is 570. The zero-order valence-corrected chi connectivity index (χ0v) is 12.5. The van der Waals surface area contributed by atoms with E-state index in [0.717, 1.165) is 31.8 Å². The second-order valence-electron chi connectivity index (χ2n) is 5.63. The maximum Gasteiger partial charge on any atom is 0.0866 e. The highest BCUT2D eigenvalue weighted by Crippen LogP contribution is 2.33. The Labute approximate surface area is 126 Å². The molecule has 1 aromatic carbocycles. The Hall–Kier alpha value is -1.71. The molecule has 3 heteroatoms. The fourth-order valence-electron chi connectivity index (χ4n) is 2.95. The third kappa shape index (κ3) is 3.49. The van der Waals surface area contributed by atoms with E-state index in [9.17, 15) is 0 Å². The van der Waals surface area contributed by atoms with Crippen LogP contribution in [0.25, 0.3) is 0 Å². The molecule has 0 aliphatic carbocycles. The number of nitrogens with one attached hydrogen (secondary N) is 1. The molecule has 3 nitrogen and oxygen atoms in total. The highest BCUT2D eigenvalue weighted by atomic mass is 16.5. The van der Waals surface area contributed by atoms with Crippen molar-refractivity contribution in [3.63, 3.8) is 0 Å². The number of hydrogen-bond acceptors (Lipinski definition) is 3. The first-order valence-electron chi connectivity index (χ1n) is 7.62. The van der Waals surface area contributed by atoms with Crippen LogP contribution in [-0.4, -0.2) is 18.1 Å². The van der Waals surface area contributed by atoms with Gasteiger partial charge in [0.2, 0.25) is 0 Å². The summed E-state index contributed by atoms with van der Waals surface area (Å²) in [5, 5.41) is 3.56. The lowest BCUT2D eigenvalue weighted by Gasteiger charge is -2.19. The van der Waals surface area contributed by atoms with Crippen molar-refractivity contribution < 1.29 is 4.74 Å². The minimum absolute atomic E-state index is 0.230. The first kappa shape index (κ1) is 14.2. The summed E-state index contributed by atoms with van der Waals surface area (Å²) in [6.07, 6.45) is 3.20. The highest BCUT2D eigenvalue weighted by molar-refractivity contribution is 5.20. The van der Waals surface area contributed by atoms with Crippen LogP contribution in [0, 0.1) is 12.8 Å². The fourth-order valence-corrected chi connectivity index (χ4v) is 2.95. The first-order chi connectivity index (χ1) is 10.3. The van der Waals surface area contributed by atoms with Crippen molar-refractivity contribution in [1.29, 1.82) is 0 Å². The van der Waals surface area contributed by atoms with E-state index in [2.05, 4.69) is 53.6 Å². The number of aryl methyl sites for hydroxylation is 1. The van der Waals surface area contributed by atoms with Gasteiger partial charge in [-0.1, -0.05) is 36.4 Å². The van der Waals surface area contributed by atoms with Gasteiger partial charge in [0, 0.05) is 37.5 Å². The Morgan fingerprint density at radius 3 is 2.86 bits per heavy atom. The molecule has 3 rings (SSSR count). The number of benzene rings is 1. The van der Waals surface area contributed by atoms with Gasteiger partial charge in [0.15, 0.2) is 0 Å². The van der Waals surface area contributed by atoms with E-state index < -0.39 is 0 Å². The van der Waals surface area contributed by atoms with Crippen LogP contribution in [0.15, 0.2) is 48.7 Å². The van der Waals surface area contributed by atoms with E-state index in [-0.39, 0.29) is 6.10 Å². The summed E-state index contributed by atoms with van der Waals surface area (Å²) >= 11 is 0. The number of ether oxygens (including phenoxy) is 1. The predicted molar refractivity (Wildman–Crippen MR) is 83.9 cm³/mol. The normalized spacial score (nSPS) is 21.6. The summed E-state index contributed by atoms with van der Waals surface area (Å²) in [4.78, 5) is 4.33. The molecule has 1 N–H and O–H groups in total. The van der Waals surface area contributed by atoms with E-state index in [1.54, 1.807) is 0 Å². The molecule has 1 fully saturated rings. The van der Waals surface area contributed by atoms with E-state index >= 15 is 0 Å². The average Bonchev–Trinajstić information content (AvgIpc) is 2.99. The van der Waals surface area contributed by atoms with Crippen LogP contribution in [0.2, 0.25) is 0 Å². The van der Waals surface area contributed by atoms with Crippen molar-refractivity contribution in [1.82, 2.24) is 10.3 Å². The summed E-state index contributed by atoms with van der Waals surface area (Å²) in [5.41, 5.74) is 3.67. The van der Waals surface area contributed by atoms with Gasteiger partial charge in [-0.2, -0.15) is 0 Å². The molecule has 0 radical (unpaired) electrons. The van der Waals surface area contributed by atoms with E-state index in [4.69, 9.17) is 4.74 Å². The largest absolute Gasteiger partial charge is 0.373 e. The Morgan fingerprint density at radius 1 is 1.19 bits per heavy atom. The smallest absolute Gasteiger partial charge is 0.0866 e. The molecule has 0 unspecified atom stereocenters. The fraction of sp³-hybridized carbons (Fsp3) is 0.389. The third-order valence-electron chi connectivity index (χ3n) is 4.18. The molecule has 110 valence electrons. The summed E-state index contributed by atoms with van der Waals surface area (Å²) < 4.78 is 5.93. The molecule has 1 saturated heterocycles. The molecule has 2 atom stereocenters. The molecule has 2 heterocycles. The summed E-state index contributed by atoms with van der Waals surface area (Å²) in [5.74, 6) is 0.546. The van der Waals surface area contributed by atoms with Crippen LogP contribution in [0.1, 0.15) is 29.3 Å². The molecule has 1 aromatic heterocycles. The number of hydrogen-bond donors (Lipinski definition) is 1. The molecule has 21 heavy (non-hydrogen) atoms. The highest BCUT2D eigenvalue weighted by Gasteiger charge is 2.28. The van der Waals surface area contributed by atoms with Gasteiger partial charge in [-0.05, 0) is 30.5 Å². The topological polar surface area (TPSA) is 34.2 Å². The molecule has 0 saturated carbocycles. The van der Waals surface area contributed by atoms with E-state index in [1.165, 1.54) is 11.1 Å². The van der Waals surface area contributed by atoms with Gasteiger partial charge >= 0.3 is 0 Å². The minimum atomic E-state index is 0.230. The lowest BCUT2D eigenvalue weighted by atomic mass is 9.95. The molecule has 0 amide bonds. The summed E-state index contributed by atoms with van der Waals surface area (Å²) in [6.45, 7) is 4.77. The van der Waals surface area contributed by atoms with Crippen LogP contribution >= 0.6 is 0 Å². The SMILES string of the molecule is Cc1ncccc1CNC[C@H]1CCO[C@@H]1c1ccccc1. The van der Waals surface area contributed by atoms with E-state index in [0.29, 0.717) is 5.92 Å². The van der Waals surface area contributed by atoms with Crippen molar-refractivity contribution >= 4 is 0 Å². The molecule has 2 aromatic rings. The van der Waals surface area contributed by atoms with Crippen molar-refractivity contribution in [3.05, 3.63) is 65.5 Å². The standard InChI is InChI=1S/C18H22N2O/c1-14-16(8-5-10-20-14)12-19-13-17-9-11-21-18(17)15-6-3-2-4-7-15/h2-8,10,17-19H,9,11-13H2,1H3/t17-,18-/m1/s1. The number of aromatic nitrogens is 1. The zero-order chi connectivity index (χ0) is 14.5. The van der Waals surface area contributed by atoms with Crippen molar-refractivity contribution in [3.8, 4) is 0 Å². The Morgan fingerprint density at radius 2 is 2.05 bits per heavy atom. The quantitative estimate of drug-likeness (QED) is 0.914. The molecular formula is C18H22N2O. The Balaban J connectivity index is 1.56. The maximum atomic E-state index is 5.93. The van der Waals surface area contributed by atoms with Gasteiger partial charge in [-0.15, -0.1) is 0 Å². The second kappa shape index (κ2) is 6.83. The third-order valence-corrected chi connectivity index (χ3v) is 4.18. The molecule has 1 aliphatic heterocycles. The van der Waals surface area contributed by atoms with Gasteiger partial charge in [-0.25, -0.2) is 0 Å². The van der Waals surface area contributed by atoms with Gasteiger partial charge in [0.05, 0.1) is 6.10 Å². The lowest BCUT2D eigenvalue weighted by molar-refractivity contribution is 0.0904. The second-order valence-corrected chi connectivity index (χ2v) is 5.63. The van der Waals surface area contributed by atoms with E-state index in [1.807, 2.05) is 12.3 Å². The van der Waals surface area contributed by atoms with Gasteiger partial charge in [0.25, 0.3) is 0 Å². The first-order valence-corrected chi connectivity index (χ1v) is 7.62. The number of nitrogens with zero attached hydrogens (tertiary/aromatic N) is 1. The van der Waals surface area contributed by atoms with Gasteiger partial charge in [-0.3, -0.25) is 4.98 Å². The molecule has 0 bridgehead atoms. The minimum Gasteiger partial charge on any atom is -0.373 e. The molecule has 0 spiro atoms. The van der Waals surface area contributed by atoms with Crippen LogP contribution in [-0.2, 0) is 11.3 Å². The van der Waals surface area contributed by atoms with Crippen molar-refractivity contribution in [2.75, 3.05) is 13.2 Å². The number of rotatable bonds is 5. The summed E-state index contributed by atoms with van der Waals surface area (Å²) in [6, 6.07) is 14.7. The number of pyridine rings is 1. The van der Waals surface area contributed by atoms with Gasteiger partial charge in [0.1, 0.15) is 0 Å². The average molecular weight is 282 g/mol. The van der Waals surface area contributed by atoms with Crippen LogP contribution in [0.3, 0.4) is 0 Å². The monoisotopic (exact) mass is 282 g/mol.